The van der Waals surface area contributed by atoms with Crippen molar-refractivity contribution in [3.05, 3.63) is 76.8 Å². The second kappa shape index (κ2) is 6.22. The molecular formula is C17H13ClFN3O. The fraction of sp³-hybridized carbons (Fsp3) is 0.0588. The van der Waals surface area contributed by atoms with Crippen molar-refractivity contribution in [2.24, 2.45) is 0 Å². The van der Waals surface area contributed by atoms with Crippen molar-refractivity contribution in [1.29, 1.82) is 0 Å². The van der Waals surface area contributed by atoms with Crippen LogP contribution in [0.5, 0.6) is 0 Å². The third-order valence-corrected chi connectivity index (χ3v) is 3.67. The van der Waals surface area contributed by atoms with Crippen LogP contribution in [0.15, 0.2) is 54.7 Å². The van der Waals surface area contributed by atoms with Gasteiger partial charge in [0.15, 0.2) is 0 Å². The Kier molecular flexibility index (Phi) is 4.12. The van der Waals surface area contributed by atoms with Gasteiger partial charge in [-0.05, 0) is 55.5 Å². The fourth-order valence-corrected chi connectivity index (χ4v) is 2.35. The van der Waals surface area contributed by atoms with Crippen molar-refractivity contribution >= 4 is 23.2 Å². The van der Waals surface area contributed by atoms with Crippen molar-refractivity contribution in [1.82, 2.24) is 9.78 Å². The third kappa shape index (κ3) is 3.24. The first kappa shape index (κ1) is 15.2. The second-order valence-corrected chi connectivity index (χ2v) is 5.42. The lowest BCUT2D eigenvalue weighted by Crippen LogP contribution is -2.12. The van der Waals surface area contributed by atoms with E-state index in [-0.39, 0.29) is 10.9 Å². The maximum absolute atomic E-state index is 13.1. The zero-order chi connectivity index (χ0) is 16.4. The van der Waals surface area contributed by atoms with Crippen molar-refractivity contribution in [3.8, 4) is 5.69 Å². The maximum atomic E-state index is 13.1. The summed E-state index contributed by atoms with van der Waals surface area (Å²) in [7, 11) is 0. The van der Waals surface area contributed by atoms with Gasteiger partial charge in [-0.3, -0.25) is 4.79 Å². The van der Waals surface area contributed by atoms with E-state index in [1.165, 1.54) is 18.2 Å². The molecule has 0 aliphatic carbocycles. The van der Waals surface area contributed by atoms with Gasteiger partial charge >= 0.3 is 0 Å². The smallest absolute Gasteiger partial charge is 0.255 e. The van der Waals surface area contributed by atoms with Gasteiger partial charge in [0.2, 0.25) is 0 Å². The summed E-state index contributed by atoms with van der Waals surface area (Å²) in [6, 6.07) is 13.0. The average Bonchev–Trinajstić information content (AvgIpc) is 2.97. The molecule has 116 valence electrons. The summed E-state index contributed by atoms with van der Waals surface area (Å²) in [5, 5.41) is 6.86. The van der Waals surface area contributed by atoms with Crippen LogP contribution in [-0.4, -0.2) is 15.7 Å². The molecule has 0 fully saturated rings. The summed E-state index contributed by atoms with van der Waals surface area (Å²) in [5.74, 6) is -0.819. The molecule has 6 heteroatoms. The molecule has 1 aromatic heterocycles. The minimum atomic E-state index is -0.524. The van der Waals surface area contributed by atoms with Gasteiger partial charge in [0.1, 0.15) is 5.82 Å². The van der Waals surface area contributed by atoms with Gasteiger partial charge in [-0.2, -0.15) is 5.10 Å². The van der Waals surface area contributed by atoms with Crippen LogP contribution < -0.4 is 5.32 Å². The number of carbonyl (C=O) groups excluding carboxylic acids is 1. The van der Waals surface area contributed by atoms with Gasteiger partial charge in [-0.15, -0.1) is 0 Å². The van der Waals surface area contributed by atoms with Crippen LogP contribution in [0, 0.1) is 12.7 Å². The van der Waals surface area contributed by atoms with Crippen LogP contribution in [0.4, 0.5) is 10.1 Å². The fourth-order valence-electron chi connectivity index (χ4n) is 2.17. The maximum Gasteiger partial charge on any atom is 0.255 e. The van der Waals surface area contributed by atoms with E-state index in [2.05, 4.69) is 10.4 Å². The van der Waals surface area contributed by atoms with Crippen molar-refractivity contribution in [3.63, 3.8) is 0 Å². The number of carbonyl (C=O) groups is 1. The number of halogens is 2. The molecular weight excluding hydrogens is 317 g/mol. The minimum absolute atomic E-state index is 0.0349. The summed E-state index contributed by atoms with van der Waals surface area (Å²) >= 11 is 5.70. The number of benzene rings is 2. The van der Waals surface area contributed by atoms with E-state index < -0.39 is 5.82 Å². The first-order valence-electron chi connectivity index (χ1n) is 6.92. The molecule has 0 unspecified atom stereocenters. The van der Waals surface area contributed by atoms with Gasteiger partial charge in [-0.1, -0.05) is 11.6 Å². The quantitative estimate of drug-likeness (QED) is 0.781. The summed E-state index contributed by atoms with van der Waals surface area (Å²) in [6.45, 7) is 1.95. The highest BCUT2D eigenvalue weighted by Crippen LogP contribution is 2.20. The highest BCUT2D eigenvalue weighted by molar-refractivity contribution is 6.31. The monoisotopic (exact) mass is 329 g/mol. The van der Waals surface area contributed by atoms with E-state index in [4.69, 9.17) is 11.6 Å². The van der Waals surface area contributed by atoms with Crippen LogP contribution in [0.1, 0.15) is 16.1 Å². The van der Waals surface area contributed by atoms with Crippen LogP contribution in [0.25, 0.3) is 5.69 Å². The standard InChI is InChI=1S/C17H13ClFN3O/c1-11-8-9-20-22(11)14-5-2-12(3-6-14)17(23)21-13-4-7-16(19)15(18)10-13/h2-10H,1H3,(H,21,23). The molecule has 3 aromatic rings. The molecule has 23 heavy (non-hydrogen) atoms. The number of hydrogen-bond donors (Lipinski definition) is 1. The predicted octanol–water partition coefficient (Wildman–Crippen LogP) is 4.23. The molecule has 1 N–H and O–H groups in total. The minimum Gasteiger partial charge on any atom is -0.322 e. The number of amides is 1. The molecule has 3 rings (SSSR count). The van der Waals surface area contributed by atoms with Gasteiger partial charge in [0.05, 0.1) is 10.7 Å². The number of anilines is 1. The topological polar surface area (TPSA) is 46.9 Å². The van der Waals surface area contributed by atoms with Gasteiger partial charge in [0.25, 0.3) is 5.91 Å². The molecule has 0 saturated carbocycles. The Labute approximate surface area is 137 Å². The number of hydrogen-bond acceptors (Lipinski definition) is 2. The van der Waals surface area contributed by atoms with Gasteiger partial charge in [0, 0.05) is 23.1 Å². The Balaban J connectivity index is 1.77. The average molecular weight is 330 g/mol. The molecule has 0 aliphatic rings. The van der Waals surface area contributed by atoms with E-state index >= 15 is 0 Å². The lowest BCUT2D eigenvalue weighted by atomic mass is 10.2. The number of aryl methyl sites for hydroxylation is 1. The van der Waals surface area contributed by atoms with Gasteiger partial charge in [-0.25, -0.2) is 9.07 Å². The van der Waals surface area contributed by atoms with Gasteiger partial charge < -0.3 is 5.32 Å². The summed E-state index contributed by atoms with van der Waals surface area (Å²) in [4.78, 5) is 12.2. The first-order chi connectivity index (χ1) is 11.0. The zero-order valence-corrected chi connectivity index (χ0v) is 13.0. The molecule has 0 saturated heterocycles. The Hall–Kier alpha value is -2.66. The zero-order valence-electron chi connectivity index (χ0n) is 12.3. The van der Waals surface area contributed by atoms with E-state index in [0.29, 0.717) is 11.3 Å². The highest BCUT2D eigenvalue weighted by atomic mass is 35.5. The number of rotatable bonds is 3. The number of aromatic nitrogens is 2. The molecule has 1 heterocycles. The highest BCUT2D eigenvalue weighted by Gasteiger charge is 2.09. The van der Waals surface area contributed by atoms with Crippen LogP contribution in [-0.2, 0) is 0 Å². The molecule has 0 atom stereocenters. The lowest BCUT2D eigenvalue weighted by molar-refractivity contribution is 0.102. The van der Waals surface area contributed by atoms with E-state index in [1.54, 1.807) is 23.0 Å². The molecule has 0 bridgehead atoms. The van der Waals surface area contributed by atoms with Crippen LogP contribution in [0.3, 0.4) is 0 Å². The van der Waals surface area contributed by atoms with E-state index in [0.717, 1.165) is 11.4 Å². The normalized spacial score (nSPS) is 10.6. The van der Waals surface area contributed by atoms with Crippen molar-refractivity contribution < 1.29 is 9.18 Å². The van der Waals surface area contributed by atoms with Crippen molar-refractivity contribution in [2.75, 3.05) is 5.32 Å². The molecule has 0 aliphatic heterocycles. The molecule has 4 nitrogen and oxygen atoms in total. The molecule has 2 aromatic carbocycles. The Morgan fingerprint density at radius 3 is 2.52 bits per heavy atom. The first-order valence-corrected chi connectivity index (χ1v) is 7.30. The van der Waals surface area contributed by atoms with Crippen LogP contribution in [0.2, 0.25) is 5.02 Å². The summed E-state index contributed by atoms with van der Waals surface area (Å²) < 4.78 is 14.9. The van der Waals surface area contributed by atoms with Crippen molar-refractivity contribution in [2.45, 2.75) is 6.92 Å². The Morgan fingerprint density at radius 2 is 1.91 bits per heavy atom. The SMILES string of the molecule is Cc1ccnn1-c1ccc(C(=O)Nc2ccc(F)c(Cl)c2)cc1. The molecule has 0 radical (unpaired) electrons. The van der Waals surface area contributed by atoms with E-state index in [9.17, 15) is 9.18 Å². The number of nitrogens with zero attached hydrogens (tertiary/aromatic N) is 2. The lowest BCUT2D eigenvalue weighted by Gasteiger charge is -2.08. The summed E-state index contributed by atoms with van der Waals surface area (Å²) in [6.07, 6.45) is 1.72. The Bertz CT molecular complexity index is 859. The number of nitrogens with one attached hydrogen (secondary N) is 1. The summed E-state index contributed by atoms with van der Waals surface area (Å²) in [5.41, 5.74) is 2.80. The molecule has 1 amide bonds. The predicted molar refractivity (Wildman–Crippen MR) is 87.7 cm³/mol. The second-order valence-electron chi connectivity index (χ2n) is 5.01. The third-order valence-electron chi connectivity index (χ3n) is 3.38. The largest absolute Gasteiger partial charge is 0.322 e. The van der Waals surface area contributed by atoms with E-state index in [1.807, 2.05) is 25.1 Å². The Morgan fingerprint density at radius 1 is 1.17 bits per heavy atom. The molecule has 0 spiro atoms. The van der Waals surface area contributed by atoms with Crippen LogP contribution >= 0.6 is 11.6 Å².